The Morgan fingerprint density at radius 1 is 1.09 bits per heavy atom. The average Bonchev–Trinajstić information content (AvgIpc) is 2.83. The summed E-state index contributed by atoms with van der Waals surface area (Å²) in [5.74, 6) is -1.27. The molecule has 0 radical (unpaired) electrons. The van der Waals surface area contributed by atoms with E-state index in [1.807, 2.05) is 30.3 Å². The molecule has 32 heavy (non-hydrogen) atoms. The summed E-state index contributed by atoms with van der Waals surface area (Å²) in [5, 5.41) is 0. The van der Waals surface area contributed by atoms with E-state index in [1.165, 1.54) is 37.4 Å². The van der Waals surface area contributed by atoms with Crippen molar-refractivity contribution in [1.29, 1.82) is 0 Å². The van der Waals surface area contributed by atoms with E-state index in [0.717, 1.165) is 36.4 Å². The largest absolute Gasteiger partial charge is 0.468 e. The van der Waals surface area contributed by atoms with Crippen LogP contribution in [0, 0.1) is 5.82 Å². The first-order valence-corrected chi connectivity index (χ1v) is 12.0. The van der Waals surface area contributed by atoms with Crippen LogP contribution in [0.1, 0.15) is 31.2 Å². The monoisotopic (exact) mass is 456 g/mol. The number of carbonyl (C=O) groups excluding carboxylic acids is 2. The number of hydrogen-bond acceptors (Lipinski definition) is 5. The van der Waals surface area contributed by atoms with Crippen molar-refractivity contribution in [1.82, 2.24) is 4.90 Å². The molecule has 4 rings (SSSR count). The molecular weight excluding hydrogens is 427 g/mol. The Balaban J connectivity index is 1.65. The van der Waals surface area contributed by atoms with E-state index in [2.05, 4.69) is 4.90 Å². The van der Waals surface area contributed by atoms with Gasteiger partial charge in [-0.2, -0.15) is 0 Å². The fraction of sp³-hybridized carbons (Fsp3) is 0.440. The van der Waals surface area contributed by atoms with E-state index in [1.54, 1.807) is 11.0 Å². The summed E-state index contributed by atoms with van der Waals surface area (Å²) in [6, 6.07) is 14.2. The van der Waals surface area contributed by atoms with Crippen molar-refractivity contribution < 1.29 is 18.7 Å². The molecule has 1 fully saturated rings. The zero-order valence-corrected chi connectivity index (χ0v) is 19.2. The van der Waals surface area contributed by atoms with Gasteiger partial charge in [0.25, 0.3) is 5.91 Å². The number of rotatable bonds is 7. The molecule has 0 bridgehead atoms. The molecule has 1 unspecified atom stereocenters. The number of aryl methyl sites for hydroxylation is 1. The number of hydrogen-bond donors (Lipinski definition) is 0. The molecule has 2 heterocycles. The number of piperidine rings is 1. The van der Waals surface area contributed by atoms with Gasteiger partial charge in [-0.25, -0.2) is 9.18 Å². The molecule has 170 valence electrons. The number of carbonyl (C=O) groups is 2. The van der Waals surface area contributed by atoms with Gasteiger partial charge in [-0.3, -0.25) is 4.79 Å². The fourth-order valence-electron chi connectivity index (χ4n) is 4.51. The lowest BCUT2D eigenvalue weighted by Crippen LogP contribution is -2.56. The van der Waals surface area contributed by atoms with Crippen LogP contribution in [0.5, 0.6) is 0 Å². The number of amides is 1. The van der Waals surface area contributed by atoms with Gasteiger partial charge >= 0.3 is 5.97 Å². The lowest BCUT2D eigenvalue weighted by molar-refractivity contribution is -0.147. The third-order valence-electron chi connectivity index (χ3n) is 6.30. The summed E-state index contributed by atoms with van der Waals surface area (Å²) in [7, 11) is 1.32. The van der Waals surface area contributed by atoms with Gasteiger partial charge in [-0.05, 0) is 62.5 Å². The van der Waals surface area contributed by atoms with Crippen molar-refractivity contribution in [3.05, 3.63) is 59.9 Å². The second kappa shape index (κ2) is 10.0. The first kappa shape index (κ1) is 22.8. The second-order valence-electron chi connectivity index (χ2n) is 8.38. The molecule has 2 aliphatic rings. The Hall–Kier alpha value is -2.38. The number of halogens is 1. The van der Waals surface area contributed by atoms with E-state index < -0.39 is 16.5 Å². The summed E-state index contributed by atoms with van der Waals surface area (Å²) in [6.07, 6.45) is 4.40. The quantitative estimate of drug-likeness (QED) is 0.459. The number of fused-ring (bicyclic) bond motifs is 1. The highest BCUT2D eigenvalue weighted by atomic mass is 32.2. The molecule has 1 amide bonds. The van der Waals surface area contributed by atoms with Crippen LogP contribution in [0.15, 0.2) is 53.4 Å². The molecule has 1 atom stereocenters. The van der Waals surface area contributed by atoms with Crippen LogP contribution in [0.3, 0.4) is 0 Å². The molecule has 0 spiro atoms. The molecule has 2 aromatic rings. The van der Waals surface area contributed by atoms with Crippen molar-refractivity contribution >= 4 is 29.3 Å². The number of thioether (sulfide) groups is 1. The van der Waals surface area contributed by atoms with E-state index in [0.29, 0.717) is 31.6 Å². The molecule has 5 nitrogen and oxygen atoms in total. The van der Waals surface area contributed by atoms with Crippen LogP contribution in [-0.2, 0) is 20.7 Å². The third kappa shape index (κ3) is 4.69. The number of likely N-dealkylation sites (tertiary alicyclic amines) is 1. The van der Waals surface area contributed by atoms with Crippen LogP contribution in [0.25, 0.3) is 0 Å². The van der Waals surface area contributed by atoms with Crippen LogP contribution in [0.2, 0.25) is 0 Å². The topological polar surface area (TPSA) is 49.9 Å². The van der Waals surface area contributed by atoms with Gasteiger partial charge in [0.15, 0.2) is 4.75 Å². The summed E-state index contributed by atoms with van der Waals surface area (Å²) in [5.41, 5.74) is 1.59. The zero-order chi connectivity index (χ0) is 22.6. The maximum Gasteiger partial charge on any atom is 0.332 e. The average molecular weight is 457 g/mol. The van der Waals surface area contributed by atoms with Gasteiger partial charge in [0, 0.05) is 18.0 Å². The SMILES string of the molecule is COC(=O)C1(CCc2ccccc2)Sc2ccc(F)cc2N(CCN2CCCCC2)C1=O. The molecule has 7 heteroatoms. The number of methoxy groups -OCH3 is 1. The fourth-order valence-corrected chi connectivity index (χ4v) is 5.87. The number of esters is 1. The molecule has 0 saturated carbocycles. The van der Waals surface area contributed by atoms with E-state index in [4.69, 9.17) is 4.74 Å². The smallest absolute Gasteiger partial charge is 0.332 e. The minimum atomic E-state index is -1.39. The standard InChI is InChI=1S/C25H29FN2O3S/c1-31-24(30)25(13-12-19-8-4-2-5-9-19)23(29)28(17-16-27-14-6-3-7-15-27)21-18-20(26)10-11-22(21)32-25/h2,4-5,8-11,18H,3,6-7,12-17H2,1H3. The van der Waals surface area contributed by atoms with Gasteiger partial charge in [0.1, 0.15) is 5.82 Å². The Labute approximate surface area is 192 Å². The zero-order valence-electron chi connectivity index (χ0n) is 18.4. The Bertz CT molecular complexity index is 965. The molecule has 1 saturated heterocycles. The minimum Gasteiger partial charge on any atom is -0.468 e. The van der Waals surface area contributed by atoms with E-state index in [9.17, 15) is 14.0 Å². The second-order valence-corrected chi connectivity index (χ2v) is 9.72. The maximum absolute atomic E-state index is 14.1. The van der Waals surface area contributed by atoms with Crippen molar-refractivity contribution in [3.8, 4) is 0 Å². The Morgan fingerprint density at radius 3 is 2.56 bits per heavy atom. The number of benzene rings is 2. The van der Waals surface area contributed by atoms with Gasteiger partial charge in [-0.1, -0.05) is 48.5 Å². The number of ether oxygens (including phenoxy) is 1. The van der Waals surface area contributed by atoms with Gasteiger partial charge in [-0.15, -0.1) is 0 Å². The predicted octanol–water partition coefficient (Wildman–Crippen LogP) is 4.29. The van der Waals surface area contributed by atoms with Gasteiger partial charge in [0.2, 0.25) is 0 Å². The lowest BCUT2D eigenvalue weighted by Gasteiger charge is -2.41. The lowest BCUT2D eigenvalue weighted by atomic mass is 9.96. The normalized spacial score (nSPS) is 21.3. The minimum absolute atomic E-state index is 0.310. The first-order chi connectivity index (χ1) is 15.5. The van der Waals surface area contributed by atoms with Crippen LogP contribution < -0.4 is 4.90 Å². The number of anilines is 1. The van der Waals surface area contributed by atoms with Crippen LogP contribution >= 0.6 is 11.8 Å². The van der Waals surface area contributed by atoms with E-state index in [-0.39, 0.29) is 5.91 Å². The van der Waals surface area contributed by atoms with Crippen LogP contribution in [-0.4, -0.2) is 54.8 Å². The number of nitrogens with zero attached hydrogens (tertiary/aromatic N) is 2. The molecular formula is C25H29FN2O3S. The highest BCUT2D eigenvalue weighted by Gasteiger charge is 2.53. The van der Waals surface area contributed by atoms with Crippen LogP contribution in [0.4, 0.5) is 10.1 Å². The highest BCUT2D eigenvalue weighted by molar-refractivity contribution is 8.02. The first-order valence-electron chi connectivity index (χ1n) is 11.2. The third-order valence-corrected chi connectivity index (χ3v) is 7.76. The summed E-state index contributed by atoms with van der Waals surface area (Å²) < 4.78 is 17.9. The molecule has 2 aliphatic heterocycles. The predicted molar refractivity (Wildman–Crippen MR) is 124 cm³/mol. The van der Waals surface area contributed by atoms with Gasteiger partial charge in [0.05, 0.1) is 12.8 Å². The Kier molecular flexibility index (Phi) is 7.16. The highest BCUT2D eigenvalue weighted by Crippen LogP contribution is 2.48. The molecule has 0 aliphatic carbocycles. The summed E-state index contributed by atoms with van der Waals surface area (Å²) in [6.45, 7) is 3.12. The van der Waals surface area contributed by atoms with Crippen molar-refractivity contribution in [2.24, 2.45) is 0 Å². The Morgan fingerprint density at radius 2 is 1.84 bits per heavy atom. The maximum atomic E-state index is 14.1. The van der Waals surface area contributed by atoms with Crippen molar-refractivity contribution in [3.63, 3.8) is 0 Å². The van der Waals surface area contributed by atoms with Gasteiger partial charge < -0.3 is 14.5 Å². The molecule has 2 aromatic carbocycles. The van der Waals surface area contributed by atoms with E-state index >= 15 is 0 Å². The summed E-state index contributed by atoms with van der Waals surface area (Å²) >= 11 is 1.19. The van der Waals surface area contributed by atoms with Crippen molar-refractivity contribution in [2.45, 2.75) is 41.7 Å². The molecule has 0 aromatic heterocycles. The van der Waals surface area contributed by atoms with Crippen molar-refractivity contribution in [2.75, 3.05) is 38.2 Å². The molecule has 0 N–H and O–H groups in total. The summed E-state index contributed by atoms with van der Waals surface area (Å²) in [4.78, 5) is 31.6.